The number of hydrogen-bond acceptors (Lipinski definition) is 7. The van der Waals surface area contributed by atoms with Crippen LogP contribution < -0.4 is 11.1 Å². The molecule has 3 atom stereocenters. The molecule has 0 saturated carbocycles. The topological polar surface area (TPSA) is 119 Å². The van der Waals surface area contributed by atoms with Crippen molar-refractivity contribution in [3.8, 4) is 10.6 Å². The number of amides is 1. The summed E-state index contributed by atoms with van der Waals surface area (Å²) in [7, 11) is 0. The summed E-state index contributed by atoms with van der Waals surface area (Å²) in [5.74, 6) is -0.947. The number of ether oxygens (including phenoxy) is 1. The second kappa shape index (κ2) is 8.94. The third-order valence-electron chi connectivity index (χ3n) is 4.92. The number of rotatable bonds is 5. The van der Waals surface area contributed by atoms with E-state index < -0.39 is 23.9 Å². The number of carbonyl (C=O) groups excluding carboxylic acids is 1. The Morgan fingerprint density at radius 1 is 1.40 bits per heavy atom. The highest BCUT2D eigenvalue weighted by atomic mass is 32.1. The number of thiazole rings is 1. The smallest absolute Gasteiger partial charge is 0.275 e. The maximum atomic E-state index is 13.9. The molecule has 30 heavy (non-hydrogen) atoms. The van der Waals surface area contributed by atoms with E-state index in [1.807, 2.05) is 0 Å². The maximum absolute atomic E-state index is 13.9. The average molecular weight is 434 g/mol. The molecule has 3 aromatic rings. The van der Waals surface area contributed by atoms with Crippen molar-refractivity contribution in [2.24, 2.45) is 5.73 Å². The van der Waals surface area contributed by atoms with Gasteiger partial charge in [-0.1, -0.05) is 0 Å². The molecular formula is C19H20F2N6O2S. The molecule has 0 aliphatic carbocycles. The Morgan fingerprint density at radius 3 is 3.10 bits per heavy atom. The van der Waals surface area contributed by atoms with Crippen molar-refractivity contribution in [2.75, 3.05) is 11.9 Å². The van der Waals surface area contributed by atoms with Crippen LogP contribution in [-0.2, 0) is 11.2 Å². The predicted molar refractivity (Wildman–Crippen MR) is 107 cm³/mol. The zero-order chi connectivity index (χ0) is 21.1. The fourth-order valence-corrected chi connectivity index (χ4v) is 4.02. The minimum atomic E-state index is -1.18. The van der Waals surface area contributed by atoms with Crippen LogP contribution in [0.2, 0.25) is 0 Å². The highest BCUT2D eigenvalue weighted by molar-refractivity contribution is 7.13. The molecule has 11 heteroatoms. The van der Waals surface area contributed by atoms with Crippen molar-refractivity contribution in [1.82, 2.24) is 20.2 Å². The zero-order valence-electron chi connectivity index (χ0n) is 15.8. The number of carbonyl (C=O) groups is 1. The molecule has 0 bridgehead atoms. The summed E-state index contributed by atoms with van der Waals surface area (Å²) < 4.78 is 33.2. The predicted octanol–water partition coefficient (Wildman–Crippen LogP) is 2.71. The third-order valence-corrected chi connectivity index (χ3v) is 5.79. The van der Waals surface area contributed by atoms with E-state index in [1.54, 1.807) is 5.38 Å². The van der Waals surface area contributed by atoms with E-state index in [-0.39, 0.29) is 24.0 Å². The summed E-state index contributed by atoms with van der Waals surface area (Å²) in [6, 6.07) is 0.977. The molecule has 4 heterocycles. The normalized spacial score (nSPS) is 21.9. The van der Waals surface area contributed by atoms with Crippen LogP contribution in [0.15, 0.2) is 30.0 Å². The Morgan fingerprint density at radius 2 is 2.27 bits per heavy atom. The molecular weight excluding hydrogens is 414 g/mol. The van der Waals surface area contributed by atoms with Crippen LogP contribution >= 0.6 is 11.3 Å². The van der Waals surface area contributed by atoms with E-state index >= 15 is 0 Å². The van der Waals surface area contributed by atoms with Crippen molar-refractivity contribution in [1.29, 1.82) is 0 Å². The minimum Gasteiger partial charge on any atom is -0.375 e. The van der Waals surface area contributed by atoms with Gasteiger partial charge in [0.15, 0.2) is 5.82 Å². The van der Waals surface area contributed by atoms with Gasteiger partial charge in [0, 0.05) is 29.6 Å². The van der Waals surface area contributed by atoms with Crippen LogP contribution in [0.4, 0.5) is 14.5 Å². The second-order valence-electron chi connectivity index (χ2n) is 7.03. The Hall–Kier alpha value is -2.76. The van der Waals surface area contributed by atoms with Gasteiger partial charge in [0.2, 0.25) is 0 Å². The van der Waals surface area contributed by atoms with Crippen molar-refractivity contribution in [2.45, 2.75) is 37.6 Å². The van der Waals surface area contributed by atoms with Crippen LogP contribution in [0.1, 0.15) is 29.0 Å². The van der Waals surface area contributed by atoms with Gasteiger partial charge in [-0.3, -0.25) is 14.9 Å². The molecule has 1 aliphatic rings. The first-order valence-corrected chi connectivity index (χ1v) is 10.3. The quantitative estimate of drug-likeness (QED) is 0.568. The second-order valence-corrected chi connectivity index (χ2v) is 7.88. The van der Waals surface area contributed by atoms with E-state index in [2.05, 4.69) is 25.5 Å². The number of halogens is 2. The summed E-state index contributed by atoms with van der Waals surface area (Å²) in [5, 5.41) is 11.5. The molecule has 1 amide bonds. The monoisotopic (exact) mass is 434 g/mol. The number of hydrogen-bond donors (Lipinski definition) is 3. The Labute approximate surface area is 174 Å². The summed E-state index contributed by atoms with van der Waals surface area (Å²) in [6.45, 7) is -0.0468. The van der Waals surface area contributed by atoms with E-state index in [1.165, 1.54) is 18.5 Å². The molecule has 0 aromatic carbocycles. The van der Waals surface area contributed by atoms with Gasteiger partial charge < -0.3 is 15.8 Å². The molecule has 0 spiro atoms. The number of alkyl halides is 1. The molecule has 0 unspecified atom stereocenters. The molecule has 0 radical (unpaired) electrons. The number of aromatic amines is 1. The fraction of sp³-hybridized carbons (Fsp3) is 0.368. The third kappa shape index (κ3) is 4.53. The van der Waals surface area contributed by atoms with Crippen molar-refractivity contribution >= 4 is 22.9 Å². The van der Waals surface area contributed by atoms with Crippen molar-refractivity contribution in [3.05, 3.63) is 47.2 Å². The van der Waals surface area contributed by atoms with Gasteiger partial charge in [0.1, 0.15) is 16.9 Å². The van der Waals surface area contributed by atoms with Gasteiger partial charge in [-0.25, -0.2) is 13.8 Å². The number of H-pyrrole nitrogens is 1. The summed E-state index contributed by atoms with van der Waals surface area (Å²) in [5.41, 5.74) is 7.36. The number of nitrogens with one attached hydrogen (secondary N) is 2. The number of aromatic nitrogens is 4. The lowest BCUT2D eigenvalue weighted by atomic mass is 10.0. The van der Waals surface area contributed by atoms with Gasteiger partial charge in [-0.05, 0) is 18.9 Å². The molecule has 1 aliphatic heterocycles. The van der Waals surface area contributed by atoms with Gasteiger partial charge in [0.05, 0.1) is 36.5 Å². The van der Waals surface area contributed by atoms with Crippen molar-refractivity contribution in [3.63, 3.8) is 0 Å². The Balaban J connectivity index is 1.43. The minimum absolute atomic E-state index is 0.0468. The van der Waals surface area contributed by atoms with Crippen LogP contribution in [0.25, 0.3) is 10.6 Å². The van der Waals surface area contributed by atoms with E-state index in [4.69, 9.17) is 10.5 Å². The molecule has 4 rings (SSSR count). The molecule has 8 nitrogen and oxygen atoms in total. The standard InChI is InChI=1S/C19H20F2N6O2S/c20-12-6-23-4-3-11(12)19-26-17(9-30-19)18(28)25-16-7-24-27-15(16)5-10-1-2-14(22)13(21)8-29-10/h3-4,6-7,9-10,13-14H,1-2,5,8,22H2,(H,24,27)(H,25,28)/t10-,13+,14+/m0/s1. The van der Waals surface area contributed by atoms with E-state index in [0.717, 1.165) is 17.5 Å². The first-order chi connectivity index (χ1) is 14.5. The van der Waals surface area contributed by atoms with Crippen LogP contribution in [-0.4, -0.2) is 51.0 Å². The largest absolute Gasteiger partial charge is 0.375 e. The molecule has 4 N–H and O–H groups in total. The Bertz CT molecular complexity index is 1010. The number of pyridine rings is 1. The molecule has 3 aromatic heterocycles. The lowest BCUT2D eigenvalue weighted by molar-refractivity contribution is 0.0295. The summed E-state index contributed by atoms with van der Waals surface area (Å²) in [4.78, 5) is 20.5. The van der Waals surface area contributed by atoms with Gasteiger partial charge in [-0.15, -0.1) is 11.3 Å². The number of nitrogens with zero attached hydrogens (tertiary/aromatic N) is 3. The lowest BCUT2D eigenvalue weighted by Gasteiger charge is -2.15. The van der Waals surface area contributed by atoms with Gasteiger partial charge in [-0.2, -0.15) is 5.10 Å². The van der Waals surface area contributed by atoms with Gasteiger partial charge in [0.25, 0.3) is 5.91 Å². The highest BCUT2D eigenvalue weighted by Crippen LogP contribution is 2.26. The zero-order valence-corrected chi connectivity index (χ0v) is 16.7. The summed E-state index contributed by atoms with van der Waals surface area (Å²) >= 11 is 1.16. The van der Waals surface area contributed by atoms with E-state index in [9.17, 15) is 13.6 Å². The molecule has 158 valence electrons. The van der Waals surface area contributed by atoms with E-state index in [0.29, 0.717) is 35.7 Å². The lowest BCUT2D eigenvalue weighted by Crippen LogP contribution is -2.32. The van der Waals surface area contributed by atoms with Crippen molar-refractivity contribution < 1.29 is 18.3 Å². The highest BCUT2D eigenvalue weighted by Gasteiger charge is 2.26. The number of nitrogens with two attached hydrogens (primary N) is 1. The average Bonchev–Trinajstić information content (AvgIpc) is 3.36. The number of anilines is 1. The summed E-state index contributed by atoms with van der Waals surface area (Å²) in [6.07, 6.45) is 4.21. The maximum Gasteiger partial charge on any atom is 0.275 e. The van der Waals surface area contributed by atoms with Crippen LogP contribution in [0, 0.1) is 5.82 Å². The SMILES string of the molecule is N[C@@H]1CC[C@@H](Cc2[nH]ncc2NC(=O)c2csc(-c3ccncc3F)n2)OC[C@H]1F. The van der Waals surface area contributed by atoms with Crippen LogP contribution in [0.3, 0.4) is 0 Å². The molecule has 1 fully saturated rings. The Kier molecular flexibility index (Phi) is 6.11. The fourth-order valence-electron chi connectivity index (χ4n) is 3.20. The van der Waals surface area contributed by atoms with Gasteiger partial charge >= 0.3 is 0 Å². The first-order valence-electron chi connectivity index (χ1n) is 9.41. The molecule has 1 saturated heterocycles. The first kappa shape index (κ1) is 20.5. The van der Waals surface area contributed by atoms with Crippen LogP contribution in [0.5, 0.6) is 0 Å².